The van der Waals surface area contributed by atoms with Crippen LogP contribution in [0.5, 0.6) is 0 Å². The largest absolute Gasteiger partial charge is 0.352 e. The second-order valence-electron chi connectivity index (χ2n) is 7.30. The van der Waals surface area contributed by atoms with Crippen LogP contribution in [0.2, 0.25) is 5.02 Å². The number of piperidine rings is 1. The number of hydrogen-bond donors (Lipinski definition) is 1. The summed E-state index contributed by atoms with van der Waals surface area (Å²) >= 11 is 5.87. The van der Waals surface area contributed by atoms with Crippen molar-refractivity contribution in [3.05, 3.63) is 47.4 Å². The van der Waals surface area contributed by atoms with Crippen molar-refractivity contribution in [2.45, 2.75) is 44.3 Å². The van der Waals surface area contributed by atoms with E-state index in [2.05, 4.69) is 10.3 Å². The van der Waals surface area contributed by atoms with E-state index in [4.69, 9.17) is 11.6 Å². The second kappa shape index (κ2) is 8.63. The lowest BCUT2D eigenvalue weighted by atomic mass is 9.99. The number of imidazole rings is 1. The maximum Gasteiger partial charge on any atom is 0.262 e. The van der Waals surface area contributed by atoms with Crippen LogP contribution in [-0.4, -0.2) is 41.3 Å². The van der Waals surface area contributed by atoms with E-state index in [1.54, 1.807) is 22.9 Å². The molecule has 0 aliphatic carbocycles. The number of carbonyl (C=O) groups excluding carboxylic acids is 1. The molecule has 1 N–H and O–H groups in total. The minimum atomic E-state index is -3.71. The predicted molar refractivity (Wildman–Crippen MR) is 107 cm³/mol. The third kappa shape index (κ3) is 4.74. The van der Waals surface area contributed by atoms with Crippen LogP contribution in [0.3, 0.4) is 0 Å². The van der Waals surface area contributed by atoms with Gasteiger partial charge in [0.25, 0.3) is 10.0 Å². The van der Waals surface area contributed by atoms with E-state index in [9.17, 15) is 13.2 Å². The van der Waals surface area contributed by atoms with Gasteiger partial charge in [-0.1, -0.05) is 23.7 Å². The number of amides is 1. The molecule has 1 aromatic carbocycles. The number of halogens is 1. The lowest BCUT2D eigenvalue weighted by Gasteiger charge is -2.30. The van der Waals surface area contributed by atoms with Gasteiger partial charge in [0.05, 0.1) is 12.2 Å². The maximum absolute atomic E-state index is 12.9. The molecule has 0 bridgehead atoms. The van der Waals surface area contributed by atoms with Crippen LogP contribution in [0.15, 0.2) is 41.8 Å². The second-order valence-corrected chi connectivity index (χ2v) is 9.62. The molecule has 2 aromatic rings. The fraction of sp³-hybridized carbons (Fsp3) is 0.474. The van der Waals surface area contributed by atoms with E-state index < -0.39 is 10.0 Å². The Bertz CT molecular complexity index is 925. The Balaban J connectivity index is 1.63. The average Bonchev–Trinajstić information content (AvgIpc) is 3.19. The summed E-state index contributed by atoms with van der Waals surface area (Å²) in [6.07, 6.45) is 4.38. The summed E-state index contributed by atoms with van der Waals surface area (Å²) < 4.78 is 28.9. The number of carbonyl (C=O) groups is 1. The van der Waals surface area contributed by atoms with Crippen LogP contribution in [0.4, 0.5) is 0 Å². The Kier molecular flexibility index (Phi) is 6.42. The number of hydrogen-bond acceptors (Lipinski definition) is 4. The van der Waals surface area contributed by atoms with Crippen molar-refractivity contribution in [1.82, 2.24) is 19.2 Å². The van der Waals surface area contributed by atoms with Crippen LogP contribution in [-0.2, 0) is 21.4 Å². The zero-order valence-electron chi connectivity index (χ0n) is 16.0. The van der Waals surface area contributed by atoms with Gasteiger partial charge in [-0.25, -0.2) is 13.4 Å². The quantitative estimate of drug-likeness (QED) is 0.772. The van der Waals surface area contributed by atoms with Crippen molar-refractivity contribution >= 4 is 27.5 Å². The average molecular weight is 425 g/mol. The van der Waals surface area contributed by atoms with E-state index in [1.165, 1.54) is 10.6 Å². The third-order valence-corrected chi connectivity index (χ3v) is 6.92. The third-order valence-electron chi connectivity index (χ3n) is 4.91. The standard InChI is InChI=1S/C19H25ClN4O3S/c1-14(2)23-12-18(22-13-23)28(26,27)24-9-3-4-16(11-24)19(25)21-10-15-5-7-17(20)8-6-15/h5-8,12-14,16H,3-4,9-11H2,1-2H3,(H,21,25)/t16-/m1/s1. The van der Waals surface area contributed by atoms with E-state index in [1.807, 2.05) is 26.0 Å². The Morgan fingerprint density at radius 3 is 2.68 bits per heavy atom. The zero-order valence-corrected chi connectivity index (χ0v) is 17.6. The fourth-order valence-corrected chi connectivity index (χ4v) is 4.75. The highest BCUT2D eigenvalue weighted by Crippen LogP contribution is 2.24. The van der Waals surface area contributed by atoms with Crippen molar-refractivity contribution in [2.75, 3.05) is 13.1 Å². The van der Waals surface area contributed by atoms with Crippen molar-refractivity contribution in [3.8, 4) is 0 Å². The first-order valence-electron chi connectivity index (χ1n) is 9.33. The Morgan fingerprint density at radius 2 is 2.04 bits per heavy atom. The molecule has 0 radical (unpaired) electrons. The molecule has 9 heteroatoms. The monoisotopic (exact) mass is 424 g/mol. The predicted octanol–water partition coefficient (Wildman–Crippen LogP) is 2.83. The molecule has 1 aliphatic rings. The van der Waals surface area contributed by atoms with E-state index >= 15 is 0 Å². The molecule has 1 atom stereocenters. The number of nitrogens with one attached hydrogen (secondary N) is 1. The maximum atomic E-state index is 12.9. The molecular weight excluding hydrogens is 400 g/mol. The van der Waals surface area contributed by atoms with E-state index in [-0.39, 0.29) is 29.4 Å². The van der Waals surface area contributed by atoms with Gasteiger partial charge in [-0.05, 0) is 44.4 Å². The molecule has 1 fully saturated rings. The minimum Gasteiger partial charge on any atom is -0.352 e. The molecular formula is C19H25ClN4O3S. The molecule has 0 saturated carbocycles. The van der Waals surface area contributed by atoms with Gasteiger partial charge in [0.2, 0.25) is 5.91 Å². The molecule has 1 aromatic heterocycles. The SMILES string of the molecule is CC(C)n1cnc(S(=O)(=O)N2CCC[C@@H](C(=O)NCc3ccc(Cl)cc3)C2)c1. The lowest BCUT2D eigenvalue weighted by Crippen LogP contribution is -2.45. The first-order chi connectivity index (χ1) is 13.3. The molecule has 1 amide bonds. The molecule has 0 spiro atoms. The van der Waals surface area contributed by atoms with Crippen molar-refractivity contribution in [1.29, 1.82) is 0 Å². The molecule has 1 saturated heterocycles. The normalized spacial score (nSPS) is 18.4. The van der Waals surface area contributed by atoms with Crippen LogP contribution in [0.25, 0.3) is 0 Å². The number of rotatable bonds is 6. The van der Waals surface area contributed by atoms with Gasteiger partial charge >= 0.3 is 0 Å². The fourth-order valence-electron chi connectivity index (χ4n) is 3.18. The Hall–Kier alpha value is -1.90. The van der Waals surface area contributed by atoms with Gasteiger partial charge in [-0.3, -0.25) is 4.79 Å². The summed E-state index contributed by atoms with van der Waals surface area (Å²) in [5, 5.41) is 3.57. The van der Waals surface area contributed by atoms with Crippen molar-refractivity contribution < 1.29 is 13.2 Å². The molecule has 3 rings (SSSR count). The molecule has 0 unspecified atom stereocenters. The molecule has 1 aliphatic heterocycles. The smallest absolute Gasteiger partial charge is 0.262 e. The highest BCUT2D eigenvalue weighted by molar-refractivity contribution is 7.89. The van der Waals surface area contributed by atoms with Crippen LogP contribution >= 0.6 is 11.6 Å². The Morgan fingerprint density at radius 1 is 1.32 bits per heavy atom. The van der Waals surface area contributed by atoms with Gasteiger partial charge < -0.3 is 9.88 Å². The van der Waals surface area contributed by atoms with Crippen LogP contribution in [0.1, 0.15) is 38.3 Å². The molecule has 152 valence electrons. The van der Waals surface area contributed by atoms with E-state index in [0.717, 1.165) is 5.56 Å². The zero-order chi connectivity index (χ0) is 20.3. The van der Waals surface area contributed by atoms with E-state index in [0.29, 0.717) is 31.0 Å². The number of sulfonamides is 1. The summed E-state index contributed by atoms with van der Waals surface area (Å²) in [5.74, 6) is -0.509. The van der Waals surface area contributed by atoms with Gasteiger partial charge in [0.15, 0.2) is 5.03 Å². The summed E-state index contributed by atoms with van der Waals surface area (Å²) in [4.78, 5) is 16.6. The highest BCUT2D eigenvalue weighted by Gasteiger charge is 2.34. The Labute approximate surface area is 170 Å². The highest BCUT2D eigenvalue weighted by atomic mass is 35.5. The number of nitrogens with zero attached hydrogens (tertiary/aromatic N) is 3. The van der Waals surface area contributed by atoms with Gasteiger partial charge in [0.1, 0.15) is 0 Å². The number of aromatic nitrogens is 2. The van der Waals surface area contributed by atoms with Gasteiger partial charge in [-0.2, -0.15) is 4.31 Å². The van der Waals surface area contributed by atoms with Crippen LogP contribution < -0.4 is 5.32 Å². The lowest BCUT2D eigenvalue weighted by molar-refractivity contribution is -0.126. The molecule has 28 heavy (non-hydrogen) atoms. The van der Waals surface area contributed by atoms with Crippen molar-refractivity contribution in [2.24, 2.45) is 5.92 Å². The first kappa shape index (κ1) is 20.8. The minimum absolute atomic E-state index is 0.0309. The van der Waals surface area contributed by atoms with Crippen molar-refractivity contribution in [3.63, 3.8) is 0 Å². The molecule has 7 nitrogen and oxygen atoms in total. The van der Waals surface area contributed by atoms with Crippen LogP contribution in [0, 0.1) is 5.92 Å². The van der Waals surface area contributed by atoms with Gasteiger partial charge in [-0.15, -0.1) is 0 Å². The molecule has 2 heterocycles. The summed E-state index contributed by atoms with van der Waals surface area (Å²) in [6, 6.07) is 7.38. The topological polar surface area (TPSA) is 84.3 Å². The first-order valence-corrected chi connectivity index (χ1v) is 11.1. The summed E-state index contributed by atoms with van der Waals surface area (Å²) in [7, 11) is -3.71. The number of benzene rings is 1. The summed E-state index contributed by atoms with van der Waals surface area (Å²) in [6.45, 7) is 4.87. The van der Waals surface area contributed by atoms with Gasteiger partial charge in [0, 0.05) is 36.9 Å². The summed E-state index contributed by atoms with van der Waals surface area (Å²) in [5.41, 5.74) is 0.942.